The Hall–Kier alpha value is -2.71. The molecule has 0 aliphatic rings. The molecule has 0 radical (unpaired) electrons. The zero-order valence-electron chi connectivity index (χ0n) is 39.0. The lowest BCUT2D eigenvalue weighted by Gasteiger charge is -2.31. The van der Waals surface area contributed by atoms with Crippen LogP contribution in [0.4, 0.5) is 0 Å². The van der Waals surface area contributed by atoms with Crippen LogP contribution in [0.5, 0.6) is 0 Å². The summed E-state index contributed by atoms with van der Waals surface area (Å²) in [5.41, 5.74) is 0. The Kier molecular flexibility index (Phi) is 40.1. The number of hydrogen-bond acceptors (Lipinski definition) is 6. The Labute approximate surface area is 363 Å². The van der Waals surface area contributed by atoms with E-state index in [2.05, 4.69) is 38.2 Å². The lowest BCUT2D eigenvalue weighted by atomic mass is 10.0. The predicted octanol–water partition coefficient (Wildman–Crippen LogP) is 13.6. The molecule has 1 N–H and O–H groups in total. The van der Waals surface area contributed by atoms with E-state index in [0.29, 0.717) is 19.3 Å². The van der Waals surface area contributed by atoms with Gasteiger partial charge >= 0.3 is 17.9 Å². The molecule has 0 aromatic carbocycles. The van der Waals surface area contributed by atoms with Gasteiger partial charge in [-0.15, -0.1) is 0 Å². The molecule has 342 valence electrons. The van der Waals surface area contributed by atoms with E-state index in [1.54, 1.807) is 0 Å². The molecular formula is C51H92NO7+. The van der Waals surface area contributed by atoms with Crippen LogP contribution >= 0.6 is 0 Å². The van der Waals surface area contributed by atoms with Crippen molar-refractivity contribution in [1.29, 1.82) is 0 Å². The molecule has 0 aromatic heterocycles. The van der Waals surface area contributed by atoms with Crippen molar-refractivity contribution >= 4 is 17.9 Å². The first-order valence-corrected chi connectivity index (χ1v) is 24.2. The van der Waals surface area contributed by atoms with Gasteiger partial charge in [0.15, 0.2) is 12.1 Å². The molecule has 0 saturated carbocycles. The highest BCUT2D eigenvalue weighted by atomic mass is 16.6. The number of carbonyl (C=O) groups is 3. The number of allylic oxidation sites excluding steroid dienone is 8. The molecule has 0 amide bonds. The molecule has 8 nitrogen and oxygen atoms in total. The molecule has 0 saturated heterocycles. The van der Waals surface area contributed by atoms with Crippen LogP contribution in [0, 0.1) is 0 Å². The number of quaternary nitrogens is 1. The minimum absolute atomic E-state index is 0.0523. The number of rotatable bonds is 43. The summed E-state index contributed by atoms with van der Waals surface area (Å²) < 4.78 is 17.3. The molecule has 0 aromatic rings. The molecule has 0 spiro atoms. The third-order valence-electron chi connectivity index (χ3n) is 10.8. The molecule has 0 rings (SSSR count). The maximum absolute atomic E-state index is 12.7. The van der Waals surface area contributed by atoms with Gasteiger partial charge in [0.1, 0.15) is 6.61 Å². The first-order valence-electron chi connectivity index (χ1n) is 24.2. The maximum atomic E-state index is 12.7. The van der Waals surface area contributed by atoms with Crippen molar-refractivity contribution in [3.05, 3.63) is 48.6 Å². The molecule has 0 heterocycles. The number of aliphatic carboxylic acids is 1. The van der Waals surface area contributed by atoms with Crippen LogP contribution in [0.2, 0.25) is 0 Å². The number of carbonyl (C=O) groups excluding carboxylic acids is 2. The van der Waals surface area contributed by atoms with Crippen molar-refractivity contribution in [2.24, 2.45) is 0 Å². The Morgan fingerprint density at radius 1 is 0.525 bits per heavy atom. The first kappa shape index (κ1) is 56.3. The van der Waals surface area contributed by atoms with Crippen LogP contribution in [0.25, 0.3) is 0 Å². The van der Waals surface area contributed by atoms with Gasteiger partial charge in [-0.25, -0.2) is 4.79 Å². The van der Waals surface area contributed by atoms with Crippen LogP contribution in [0.3, 0.4) is 0 Å². The van der Waals surface area contributed by atoms with Gasteiger partial charge in [-0.3, -0.25) is 9.59 Å². The zero-order valence-corrected chi connectivity index (χ0v) is 39.0. The number of unbranched alkanes of at least 4 members (excludes halogenated alkanes) is 24. The Balaban J connectivity index is 4.26. The highest BCUT2D eigenvalue weighted by Crippen LogP contribution is 2.16. The van der Waals surface area contributed by atoms with E-state index in [-0.39, 0.29) is 36.2 Å². The summed E-state index contributed by atoms with van der Waals surface area (Å²) in [5, 5.41) is 9.63. The van der Waals surface area contributed by atoms with Gasteiger partial charge in [0.2, 0.25) is 0 Å². The van der Waals surface area contributed by atoms with Crippen molar-refractivity contribution < 1.29 is 38.2 Å². The van der Waals surface area contributed by atoms with E-state index in [1.807, 2.05) is 45.4 Å². The Bertz CT molecular complexity index is 1110. The summed E-state index contributed by atoms with van der Waals surface area (Å²) >= 11 is 0. The van der Waals surface area contributed by atoms with Gasteiger partial charge in [-0.05, 0) is 32.1 Å². The smallest absolute Gasteiger partial charge is 0.362 e. The van der Waals surface area contributed by atoms with Gasteiger partial charge in [-0.2, -0.15) is 0 Å². The van der Waals surface area contributed by atoms with E-state index in [4.69, 9.17) is 14.2 Å². The van der Waals surface area contributed by atoms with Crippen LogP contribution in [-0.2, 0) is 28.6 Å². The van der Waals surface area contributed by atoms with Gasteiger partial charge in [0.25, 0.3) is 0 Å². The standard InChI is InChI=1S/C51H91NO7/c1-6-8-10-12-14-16-18-20-22-23-24-25-26-28-29-31-33-35-37-39-41-49(53)58-46-47(45-57-44-43-48(51(55)56)52(3,4)5)59-50(54)42-40-38-36-34-32-30-27-21-19-17-15-13-11-9-7-2/h9,11,13,15,17,19,21,27,47-48H,6-8,10,12,14,16,18,20,22-26,28-46H2,1-5H3/p+1/b11-9+,15-13+,19-17+,27-21+. The summed E-state index contributed by atoms with van der Waals surface area (Å²) in [6.45, 7) is 4.59. The number of nitrogens with zero attached hydrogens (tertiary/aromatic N) is 1. The van der Waals surface area contributed by atoms with E-state index in [1.165, 1.54) is 109 Å². The van der Waals surface area contributed by atoms with Gasteiger partial charge in [-0.1, -0.05) is 204 Å². The van der Waals surface area contributed by atoms with Crippen molar-refractivity contribution in [2.45, 2.75) is 219 Å². The number of esters is 2. The van der Waals surface area contributed by atoms with E-state index in [9.17, 15) is 19.5 Å². The fraction of sp³-hybridized carbons (Fsp3) is 0.784. The van der Waals surface area contributed by atoms with Crippen LogP contribution in [-0.4, -0.2) is 80.6 Å². The Morgan fingerprint density at radius 3 is 1.41 bits per heavy atom. The third-order valence-corrected chi connectivity index (χ3v) is 10.8. The summed E-state index contributed by atoms with van der Waals surface area (Å²) in [7, 11) is 5.52. The first-order chi connectivity index (χ1) is 28.6. The zero-order chi connectivity index (χ0) is 43.5. The van der Waals surface area contributed by atoms with Crippen molar-refractivity contribution in [2.75, 3.05) is 41.0 Å². The summed E-state index contributed by atoms with van der Waals surface area (Å²) in [6.07, 6.45) is 50.2. The second-order valence-corrected chi connectivity index (χ2v) is 17.4. The molecule has 0 fully saturated rings. The number of hydrogen-bond donors (Lipinski definition) is 1. The summed E-state index contributed by atoms with van der Waals surface area (Å²) in [4.78, 5) is 37.1. The van der Waals surface area contributed by atoms with E-state index in [0.717, 1.165) is 64.2 Å². The third kappa shape index (κ3) is 40.5. The molecule has 0 aliphatic carbocycles. The van der Waals surface area contributed by atoms with Crippen molar-refractivity contribution in [3.8, 4) is 0 Å². The molecule has 59 heavy (non-hydrogen) atoms. The number of carboxylic acids is 1. The number of ether oxygens (including phenoxy) is 3. The minimum Gasteiger partial charge on any atom is -0.477 e. The van der Waals surface area contributed by atoms with Gasteiger partial charge in [0.05, 0.1) is 34.4 Å². The van der Waals surface area contributed by atoms with Crippen LogP contribution in [0.15, 0.2) is 48.6 Å². The molecule has 8 heteroatoms. The van der Waals surface area contributed by atoms with Gasteiger partial charge in [0, 0.05) is 19.3 Å². The highest BCUT2D eigenvalue weighted by Gasteiger charge is 2.31. The fourth-order valence-electron chi connectivity index (χ4n) is 7.10. The minimum atomic E-state index is -0.879. The maximum Gasteiger partial charge on any atom is 0.362 e. The molecule has 0 aliphatic heterocycles. The summed E-state index contributed by atoms with van der Waals surface area (Å²) in [5.74, 6) is -1.49. The van der Waals surface area contributed by atoms with Crippen molar-refractivity contribution in [3.63, 3.8) is 0 Å². The van der Waals surface area contributed by atoms with E-state index >= 15 is 0 Å². The monoisotopic (exact) mass is 831 g/mol. The largest absolute Gasteiger partial charge is 0.477 e. The fourth-order valence-corrected chi connectivity index (χ4v) is 7.10. The quantitative estimate of drug-likeness (QED) is 0.0283. The summed E-state index contributed by atoms with van der Waals surface area (Å²) in [6, 6.07) is -0.619. The van der Waals surface area contributed by atoms with Gasteiger partial charge < -0.3 is 23.8 Å². The second kappa shape index (κ2) is 42.0. The molecule has 2 atom stereocenters. The second-order valence-electron chi connectivity index (χ2n) is 17.4. The number of likely N-dealkylation sites (N-methyl/N-ethyl adjacent to an activating group) is 1. The lowest BCUT2D eigenvalue weighted by Crippen LogP contribution is -2.50. The lowest BCUT2D eigenvalue weighted by molar-refractivity contribution is -0.887. The van der Waals surface area contributed by atoms with E-state index < -0.39 is 18.1 Å². The SMILES string of the molecule is CC/C=C/C=C/C=C/C=C/CCCCCCCC(=O)OC(COCCC(C(=O)O)[N+](C)(C)C)COC(=O)CCCCCCCCCCCCCCCCCCCCCC. The number of carboxylic acid groups (broad SMARTS) is 1. The van der Waals surface area contributed by atoms with Crippen LogP contribution in [0.1, 0.15) is 206 Å². The Morgan fingerprint density at radius 2 is 0.949 bits per heavy atom. The van der Waals surface area contributed by atoms with Crippen molar-refractivity contribution in [1.82, 2.24) is 0 Å². The topological polar surface area (TPSA) is 99.1 Å². The molecule has 2 unspecified atom stereocenters. The predicted molar refractivity (Wildman–Crippen MR) is 248 cm³/mol. The normalized spacial score (nSPS) is 13.3. The molecule has 0 bridgehead atoms. The van der Waals surface area contributed by atoms with Crippen LogP contribution < -0.4 is 0 Å². The highest BCUT2D eigenvalue weighted by molar-refractivity contribution is 5.72. The molecular weight excluding hydrogens is 739 g/mol. The average Bonchev–Trinajstić information content (AvgIpc) is 3.19. The average molecular weight is 831 g/mol.